The molecule has 0 atom stereocenters. The smallest absolute Gasteiger partial charge is 0.323 e. The first kappa shape index (κ1) is 19.1. The number of aliphatic carboxylic acids is 1. The first-order valence-corrected chi connectivity index (χ1v) is 9.81. The maximum Gasteiger partial charge on any atom is 0.323 e. The summed E-state index contributed by atoms with van der Waals surface area (Å²) >= 11 is 1.04. The molecule has 2 rings (SSSR count). The molecule has 1 aromatic carbocycles. The van der Waals surface area contributed by atoms with Gasteiger partial charge in [0.25, 0.3) is 10.0 Å². The minimum Gasteiger partial charge on any atom is -0.480 e. The van der Waals surface area contributed by atoms with Crippen LogP contribution in [0.15, 0.2) is 52.1 Å². The summed E-state index contributed by atoms with van der Waals surface area (Å²) in [6.45, 7) is -0.773. The van der Waals surface area contributed by atoms with Gasteiger partial charge in [0.15, 0.2) is 0 Å². The van der Waals surface area contributed by atoms with Crippen LogP contribution in [0, 0.1) is 0 Å². The highest BCUT2D eigenvalue weighted by Crippen LogP contribution is 2.15. The second-order valence-electron chi connectivity index (χ2n) is 5.20. The summed E-state index contributed by atoms with van der Waals surface area (Å²) in [5.74, 6) is -1.74. The van der Waals surface area contributed by atoms with Gasteiger partial charge in [-0.15, -0.1) is 11.3 Å². The Kier molecular flexibility index (Phi) is 6.68. The summed E-state index contributed by atoms with van der Waals surface area (Å²) in [7, 11) is -3.77. The zero-order valence-electron chi connectivity index (χ0n) is 13.3. The molecular formula is C16H18N2O5S2. The molecule has 0 spiro atoms. The van der Waals surface area contributed by atoms with Crippen LogP contribution in [0.4, 0.5) is 0 Å². The van der Waals surface area contributed by atoms with Gasteiger partial charge in [0.05, 0.1) is 6.54 Å². The highest BCUT2D eigenvalue weighted by atomic mass is 32.2. The van der Waals surface area contributed by atoms with Crippen molar-refractivity contribution in [2.45, 2.75) is 10.6 Å². The number of benzene rings is 1. The second kappa shape index (κ2) is 8.75. The van der Waals surface area contributed by atoms with Crippen LogP contribution < -0.4 is 4.72 Å². The van der Waals surface area contributed by atoms with E-state index in [1.165, 1.54) is 6.07 Å². The molecule has 1 amide bonds. The number of sulfonamides is 1. The Morgan fingerprint density at radius 1 is 1.12 bits per heavy atom. The third-order valence-corrected chi connectivity index (χ3v) is 6.16. The number of amides is 1. The van der Waals surface area contributed by atoms with Crippen LogP contribution in [0.1, 0.15) is 5.56 Å². The van der Waals surface area contributed by atoms with Crippen molar-refractivity contribution >= 4 is 33.2 Å². The number of hydrogen-bond donors (Lipinski definition) is 2. The molecule has 0 unspecified atom stereocenters. The zero-order chi connectivity index (χ0) is 18.3. The number of carbonyl (C=O) groups excluding carboxylic acids is 1. The Bertz CT molecular complexity index is 804. The third-order valence-electron chi connectivity index (χ3n) is 3.37. The summed E-state index contributed by atoms with van der Waals surface area (Å²) in [4.78, 5) is 24.4. The van der Waals surface area contributed by atoms with Gasteiger partial charge in [-0.05, 0) is 23.4 Å². The van der Waals surface area contributed by atoms with Crippen molar-refractivity contribution in [1.29, 1.82) is 0 Å². The molecule has 7 nitrogen and oxygen atoms in total. The lowest BCUT2D eigenvalue weighted by molar-refractivity contribution is -0.143. The zero-order valence-corrected chi connectivity index (χ0v) is 14.9. The van der Waals surface area contributed by atoms with E-state index in [9.17, 15) is 18.0 Å². The molecule has 0 radical (unpaired) electrons. The van der Waals surface area contributed by atoms with E-state index in [1.807, 2.05) is 30.3 Å². The highest BCUT2D eigenvalue weighted by Gasteiger charge is 2.21. The molecule has 1 aromatic heterocycles. The van der Waals surface area contributed by atoms with E-state index in [0.717, 1.165) is 21.8 Å². The number of carboxylic acid groups (broad SMARTS) is 1. The van der Waals surface area contributed by atoms with Gasteiger partial charge in [0.2, 0.25) is 5.91 Å². The van der Waals surface area contributed by atoms with Crippen LogP contribution in [-0.2, 0) is 26.0 Å². The Morgan fingerprint density at radius 3 is 2.44 bits per heavy atom. The second-order valence-corrected chi connectivity index (χ2v) is 8.14. The van der Waals surface area contributed by atoms with Gasteiger partial charge >= 0.3 is 5.97 Å². The average molecular weight is 382 g/mol. The van der Waals surface area contributed by atoms with Gasteiger partial charge in [-0.25, -0.2) is 13.1 Å². The van der Waals surface area contributed by atoms with E-state index in [4.69, 9.17) is 5.11 Å². The molecule has 25 heavy (non-hydrogen) atoms. The summed E-state index contributed by atoms with van der Waals surface area (Å²) in [6.07, 6.45) is 0.484. The lowest BCUT2D eigenvalue weighted by atomic mass is 10.1. The molecule has 0 saturated carbocycles. The molecule has 134 valence electrons. The van der Waals surface area contributed by atoms with E-state index in [2.05, 4.69) is 4.72 Å². The van der Waals surface area contributed by atoms with Gasteiger partial charge in [0.1, 0.15) is 10.8 Å². The molecule has 0 aliphatic rings. The minimum absolute atomic E-state index is 0.106. The van der Waals surface area contributed by atoms with Crippen molar-refractivity contribution in [1.82, 2.24) is 9.62 Å². The number of thiophene rings is 1. The predicted octanol–water partition coefficient (Wildman–Crippen LogP) is 1.18. The standard InChI is InChI=1S/C16H18N2O5S2/c19-14(11-17-25(22,23)16-7-4-10-24-16)18(12-15(20)21)9-8-13-5-2-1-3-6-13/h1-7,10,17H,8-9,11-12H2,(H,20,21). The van der Waals surface area contributed by atoms with Gasteiger partial charge < -0.3 is 10.0 Å². The maximum atomic E-state index is 12.3. The fourth-order valence-electron chi connectivity index (χ4n) is 2.12. The van der Waals surface area contributed by atoms with E-state index in [-0.39, 0.29) is 10.8 Å². The number of carbonyl (C=O) groups is 2. The maximum absolute atomic E-state index is 12.3. The predicted molar refractivity (Wildman–Crippen MR) is 93.9 cm³/mol. The SMILES string of the molecule is O=C(O)CN(CCc1ccccc1)C(=O)CNS(=O)(=O)c1cccs1. The van der Waals surface area contributed by atoms with Crippen LogP contribution in [0.5, 0.6) is 0 Å². The van der Waals surface area contributed by atoms with Crippen LogP contribution in [0.25, 0.3) is 0 Å². The van der Waals surface area contributed by atoms with Crippen LogP contribution >= 0.6 is 11.3 Å². The van der Waals surface area contributed by atoms with Crippen molar-refractivity contribution in [2.24, 2.45) is 0 Å². The summed E-state index contributed by atoms with van der Waals surface area (Å²) < 4.78 is 26.4. The summed E-state index contributed by atoms with van der Waals surface area (Å²) in [5.41, 5.74) is 0.963. The third kappa shape index (κ3) is 5.96. The van der Waals surface area contributed by atoms with Crippen molar-refractivity contribution in [2.75, 3.05) is 19.6 Å². The Labute approximate surface area is 150 Å². The molecule has 9 heteroatoms. The molecule has 0 fully saturated rings. The highest BCUT2D eigenvalue weighted by molar-refractivity contribution is 7.91. The molecule has 0 aliphatic heterocycles. The van der Waals surface area contributed by atoms with Gasteiger partial charge in [-0.1, -0.05) is 36.4 Å². The first-order chi connectivity index (χ1) is 11.9. The molecule has 0 saturated heterocycles. The largest absolute Gasteiger partial charge is 0.480 e. The monoisotopic (exact) mass is 382 g/mol. The Morgan fingerprint density at radius 2 is 1.84 bits per heavy atom. The van der Waals surface area contributed by atoms with E-state index in [1.54, 1.807) is 11.4 Å². The summed E-state index contributed by atoms with van der Waals surface area (Å²) in [6, 6.07) is 12.4. The molecule has 1 heterocycles. The van der Waals surface area contributed by atoms with Crippen molar-refractivity contribution in [3.05, 3.63) is 53.4 Å². The van der Waals surface area contributed by atoms with E-state index in [0.29, 0.717) is 6.42 Å². The van der Waals surface area contributed by atoms with Crippen molar-refractivity contribution in [3.63, 3.8) is 0 Å². The number of nitrogens with one attached hydrogen (secondary N) is 1. The Balaban J connectivity index is 1.96. The van der Waals surface area contributed by atoms with Crippen LogP contribution in [0.2, 0.25) is 0 Å². The summed E-state index contributed by atoms with van der Waals surface area (Å²) in [5, 5.41) is 10.6. The lowest BCUT2D eigenvalue weighted by Gasteiger charge is -2.21. The van der Waals surface area contributed by atoms with Gasteiger partial charge in [-0.2, -0.15) is 0 Å². The molecule has 0 bridgehead atoms. The van der Waals surface area contributed by atoms with Crippen molar-refractivity contribution < 1.29 is 23.1 Å². The average Bonchev–Trinajstić information content (AvgIpc) is 3.12. The number of carboxylic acids is 1. The molecule has 2 aromatic rings. The van der Waals surface area contributed by atoms with Gasteiger partial charge in [0, 0.05) is 6.54 Å². The molecular weight excluding hydrogens is 364 g/mol. The number of rotatable bonds is 9. The van der Waals surface area contributed by atoms with Crippen LogP contribution in [-0.4, -0.2) is 49.9 Å². The Hall–Kier alpha value is -2.23. The number of nitrogens with zero attached hydrogens (tertiary/aromatic N) is 1. The quantitative estimate of drug-likeness (QED) is 0.678. The van der Waals surface area contributed by atoms with Gasteiger partial charge in [-0.3, -0.25) is 9.59 Å². The fraction of sp³-hybridized carbons (Fsp3) is 0.250. The molecule has 2 N–H and O–H groups in total. The van der Waals surface area contributed by atoms with E-state index < -0.39 is 35.0 Å². The normalized spacial score (nSPS) is 11.2. The molecule has 0 aliphatic carbocycles. The van der Waals surface area contributed by atoms with Crippen LogP contribution in [0.3, 0.4) is 0 Å². The minimum atomic E-state index is -3.77. The first-order valence-electron chi connectivity index (χ1n) is 7.45. The van der Waals surface area contributed by atoms with Crippen molar-refractivity contribution in [3.8, 4) is 0 Å². The lowest BCUT2D eigenvalue weighted by Crippen LogP contribution is -2.43. The van der Waals surface area contributed by atoms with E-state index >= 15 is 0 Å². The fourth-order valence-corrected chi connectivity index (χ4v) is 4.13. The number of hydrogen-bond acceptors (Lipinski definition) is 5. The topological polar surface area (TPSA) is 104 Å².